The lowest BCUT2D eigenvalue weighted by atomic mass is 9.65. The van der Waals surface area contributed by atoms with E-state index in [0.29, 0.717) is 24.2 Å². The third-order valence-electron chi connectivity index (χ3n) is 6.54. The van der Waals surface area contributed by atoms with Gasteiger partial charge in [-0.05, 0) is 67.4 Å². The van der Waals surface area contributed by atoms with E-state index in [1.165, 1.54) is 6.20 Å². The number of pyridine rings is 1. The van der Waals surface area contributed by atoms with Gasteiger partial charge >= 0.3 is 0 Å². The van der Waals surface area contributed by atoms with Crippen LogP contribution in [0, 0.1) is 11.4 Å². The Balaban J connectivity index is 1.77. The van der Waals surface area contributed by atoms with Crippen molar-refractivity contribution in [2.45, 2.75) is 51.9 Å². The molecule has 1 aliphatic carbocycles. The molecule has 2 aliphatic rings. The standard InChI is InChI=1S/C24H26FN3O/c1-3-15-10-11-24(2)20(28-23(15)26)13-16(14-21(24)29)17-7-4-5-8-18(17)19-9-6-12-27-22(19)25/h4-9,12,16H,3,10-11,13-14,26H2,1-2H3. The highest BCUT2D eigenvalue weighted by Gasteiger charge is 2.45. The van der Waals surface area contributed by atoms with Crippen molar-refractivity contribution >= 4 is 11.5 Å². The van der Waals surface area contributed by atoms with Crippen molar-refractivity contribution in [3.8, 4) is 11.1 Å². The molecule has 2 unspecified atom stereocenters. The van der Waals surface area contributed by atoms with Gasteiger partial charge in [-0.1, -0.05) is 31.2 Å². The zero-order chi connectivity index (χ0) is 20.6. The summed E-state index contributed by atoms with van der Waals surface area (Å²) in [6.07, 6.45) is 4.92. The van der Waals surface area contributed by atoms with Crippen molar-refractivity contribution in [1.82, 2.24) is 4.98 Å². The summed E-state index contributed by atoms with van der Waals surface area (Å²) in [6.45, 7) is 4.08. The van der Waals surface area contributed by atoms with Crippen molar-refractivity contribution in [2.75, 3.05) is 0 Å². The lowest BCUT2D eigenvalue weighted by molar-refractivity contribution is -0.126. The molecule has 1 fully saturated rings. The second kappa shape index (κ2) is 7.54. The number of aliphatic imine (C=N–C) groups is 1. The van der Waals surface area contributed by atoms with Crippen LogP contribution in [0.25, 0.3) is 11.1 Å². The van der Waals surface area contributed by atoms with Crippen LogP contribution in [-0.2, 0) is 4.79 Å². The molecule has 1 aromatic carbocycles. The molecular weight excluding hydrogens is 365 g/mol. The van der Waals surface area contributed by atoms with Crippen LogP contribution in [-0.4, -0.2) is 16.5 Å². The molecule has 4 nitrogen and oxygen atoms in total. The maximum Gasteiger partial charge on any atom is 0.220 e. The van der Waals surface area contributed by atoms with Crippen LogP contribution < -0.4 is 5.73 Å². The van der Waals surface area contributed by atoms with E-state index in [4.69, 9.17) is 10.7 Å². The zero-order valence-corrected chi connectivity index (χ0v) is 16.9. The average Bonchev–Trinajstić information content (AvgIpc) is 2.84. The number of halogens is 1. The number of aromatic nitrogens is 1. The molecule has 150 valence electrons. The molecule has 0 amide bonds. The monoisotopic (exact) mass is 391 g/mol. The van der Waals surface area contributed by atoms with Crippen LogP contribution >= 0.6 is 0 Å². The van der Waals surface area contributed by atoms with Crippen LogP contribution in [0.2, 0.25) is 0 Å². The number of Topliss-reactive ketones (excluding diaryl/α,β-unsaturated/α-hetero) is 1. The average molecular weight is 391 g/mol. The van der Waals surface area contributed by atoms with Crippen LogP contribution in [0.15, 0.2) is 59.0 Å². The van der Waals surface area contributed by atoms with Crippen molar-refractivity contribution < 1.29 is 9.18 Å². The zero-order valence-electron chi connectivity index (χ0n) is 16.9. The second-order valence-corrected chi connectivity index (χ2v) is 8.19. The Morgan fingerprint density at radius 1 is 1.17 bits per heavy atom. The number of hydrogen-bond acceptors (Lipinski definition) is 4. The highest BCUT2D eigenvalue weighted by atomic mass is 19.1. The van der Waals surface area contributed by atoms with E-state index >= 15 is 0 Å². The maximum atomic E-state index is 14.4. The molecule has 0 spiro atoms. The van der Waals surface area contributed by atoms with Gasteiger partial charge in [-0.3, -0.25) is 4.79 Å². The third kappa shape index (κ3) is 3.39. The number of ketones is 1. The molecule has 2 atom stereocenters. The van der Waals surface area contributed by atoms with E-state index in [0.717, 1.165) is 41.7 Å². The molecule has 29 heavy (non-hydrogen) atoms. The molecule has 1 saturated carbocycles. The third-order valence-corrected chi connectivity index (χ3v) is 6.54. The molecule has 2 N–H and O–H groups in total. The molecule has 4 rings (SSSR count). The quantitative estimate of drug-likeness (QED) is 0.735. The molecule has 1 aromatic heterocycles. The number of rotatable bonds is 3. The first-order valence-corrected chi connectivity index (χ1v) is 10.2. The number of nitrogens with two attached hydrogens (primary N) is 1. The SMILES string of the molecule is CCC1=C(N)N=C2CC(c3ccccc3-c3cccnc3F)CC(=O)C2(C)CC1. The Bertz CT molecular complexity index is 1030. The van der Waals surface area contributed by atoms with Gasteiger partial charge in [-0.25, -0.2) is 9.98 Å². The summed E-state index contributed by atoms with van der Waals surface area (Å²) in [5.74, 6) is 0.199. The van der Waals surface area contributed by atoms with Gasteiger partial charge < -0.3 is 5.73 Å². The number of benzene rings is 1. The van der Waals surface area contributed by atoms with E-state index in [1.807, 2.05) is 31.2 Å². The summed E-state index contributed by atoms with van der Waals surface area (Å²) in [6, 6.07) is 11.2. The largest absolute Gasteiger partial charge is 0.384 e. The Morgan fingerprint density at radius 2 is 1.93 bits per heavy atom. The van der Waals surface area contributed by atoms with Crippen LogP contribution in [0.4, 0.5) is 4.39 Å². The molecule has 2 aromatic rings. The lowest BCUT2D eigenvalue weighted by Gasteiger charge is -2.37. The molecular formula is C24H26FN3O. The van der Waals surface area contributed by atoms with Crippen molar-refractivity contribution in [3.63, 3.8) is 0 Å². The summed E-state index contributed by atoms with van der Waals surface area (Å²) in [4.78, 5) is 21.8. The maximum absolute atomic E-state index is 14.4. The number of carbonyl (C=O) groups excluding carboxylic acids is 1. The Hall–Kier alpha value is -2.82. The van der Waals surface area contributed by atoms with Gasteiger partial charge in [-0.2, -0.15) is 4.39 Å². The molecule has 2 heterocycles. The fourth-order valence-electron chi connectivity index (χ4n) is 4.61. The van der Waals surface area contributed by atoms with E-state index < -0.39 is 11.4 Å². The topological polar surface area (TPSA) is 68.3 Å². The number of nitrogens with zero attached hydrogens (tertiary/aromatic N) is 2. The fourth-order valence-corrected chi connectivity index (χ4v) is 4.61. The first-order chi connectivity index (χ1) is 13.9. The summed E-state index contributed by atoms with van der Waals surface area (Å²) in [5, 5.41) is 0. The Morgan fingerprint density at radius 3 is 2.69 bits per heavy atom. The summed E-state index contributed by atoms with van der Waals surface area (Å²) in [7, 11) is 0. The summed E-state index contributed by atoms with van der Waals surface area (Å²) < 4.78 is 14.4. The van der Waals surface area contributed by atoms with Crippen molar-refractivity contribution in [3.05, 3.63) is 65.5 Å². The fraction of sp³-hybridized carbons (Fsp3) is 0.375. The highest BCUT2D eigenvalue weighted by Crippen LogP contribution is 2.45. The minimum atomic E-state index is -0.563. The predicted molar refractivity (Wildman–Crippen MR) is 113 cm³/mol. The van der Waals surface area contributed by atoms with Gasteiger partial charge in [0.2, 0.25) is 5.95 Å². The van der Waals surface area contributed by atoms with Gasteiger partial charge in [0.25, 0.3) is 0 Å². The van der Waals surface area contributed by atoms with E-state index in [-0.39, 0.29) is 11.7 Å². The van der Waals surface area contributed by atoms with Crippen LogP contribution in [0.5, 0.6) is 0 Å². The van der Waals surface area contributed by atoms with Crippen molar-refractivity contribution in [1.29, 1.82) is 0 Å². The van der Waals surface area contributed by atoms with E-state index in [9.17, 15) is 9.18 Å². The number of allylic oxidation sites excluding steroid dienone is 1. The number of hydrogen-bond donors (Lipinski definition) is 1. The van der Waals surface area contributed by atoms with Gasteiger partial charge in [0.05, 0.1) is 5.41 Å². The van der Waals surface area contributed by atoms with Gasteiger partial charge in [-0.15, -0.1) is 0 Å². The Labute approximate surface area is 170 Å². The molecule has 0 saturated heterocycles. The molecule has 0 radical (unpaired) electrons. The number of fused-ring (bicyclic) bond motifs is 1. The van der Waals surface area contributed by atoms with Gasteiger partial charge in [0, 0.05) is 23.9 Å². The molecule has 5 heteroatoms. The van der Waals surface area contributed by atoms with E-state index in [2.05, 4.69) is 11.9 Å². The van der Waals surface area contributed by atoms with Gasteiger partial charge in [0.15, 0.2) is 0 Å². The first-order valence-electron chi connectivity index (χ1n) is 10.2. The lowest BCUT2D eigenvalue weighted by Crippen LogP contribution is -2.42. The normalized spacial score (nSPS) is 24.7. The molecule has 1 aliphatic heterocycles. The number of carbonyl (C=O) groups is 1. The van der Waals surface area contributed by atoms with Crippen molar-refractivity contribution in [2.24, 2.45) is 16.1 Å². The summed E-state index contributed by atoms with van der Waals surface area (Å²) >= 11 is 0. The smallest absolute Gasteiger partial charge is 0.220 e. The second-order valence-electron chi connectivity index (χ2n) is 8.19. The van der Waals surface area contributed by atoms with Gasteiger partial charge in [0.1, 0.15) is 11.6 Å². The Kier molecular flexibility index (Phi) is 5.07. The van der Waals surface area contributed by atoms with Crippen LogP contribution in [0.3, 0.4) is 0 Å². The van der Waals surface area contributed by atoms with E-state index in [1.54, 1.807) is 12.1 Å². The first kappa shape index (κ1) is 19.5. The minimum absolute atomic E-state index is 0.0545. The minimum Gasteiger partial charge on any atom is -0.384 e. The summed E-state index contributed by atoms with van der Waals surface area (Å²) in [5.41, 5.74) is 9.87. The molecule has 0 bridgehead atoms. The highest BCUT2D eigenvalue weighted by molar-refractivity contribution is 6.12. The van der Waals surface area contributed by atoms with Crippen LogP contribution in [0.1, 0.15) is 57.4 Å². The predicted octanol–water partition coefficient (Wildman–Crippen LogP) is 5.16.